The van der Waals surface area contributed by atoms with Crippen LogP contribution in [-0.4, -0.2) is 43.7 Å². The Balaban J connectivity index is 1.91. The normalized spacial score (nSPS) is 16.2. The summed E-state index contributed by atoms with van der Waals surface area (Å²) in [5.74, 6) is 0.964. The number of benzene rings is 1. The van der Waals surface area contributed by atoms with Gasteiger partial charge >= 0.3 is 5.97 Å². The molecule has 1 saturated heterocycles. The number of rotatable bonds is 8. The predicted molar refractivity (Wildman–Crippen MR) is 96.8 cm³/mol. The van der Waals surface area contributed by atoms with Crippen molar-refractivity contribution in [3.63, 3.8) is 0 Å². The van der Waals surface area contributed by atoms with E-state index in [1.165, 1.54) is 25.9 Å². The molecule has 0 radical (unpaired) electrons. The molecule has 1 aliphatic heterocycles. The largest absolute Gasteiger partial charge is 0.494 e. The van der Waals surface area contributed by atoms with Crippen LogP contribution in [-0.2, 0) is 4.74 Å². The van der Waals surface area contributed by atoms with E-state index in [9.17, 15) is 4.79 Å². The zero-order valence-electron chi connectivity index (χ0n) is 15.6. The third-order valence-electron chi connectivity index (χ3n) is 4.45. The Morgan fingerprint density at radius 3 is 2.42 bits per heavy atom. The van der Waals surface area contributed by atoms with Crippen LogP contribution in [0.2, 0.25) is 0 Å². The van der Waals surface area contributed by atoms with Crippen LogP contribution < -0.4 is 4.74 Å². The molecule has 0 aliphatic carbocycles. The molecule has 4 nitrogen and oxygen atoms in total. The first-order valence-corrected chi connectivity index (χ1v) is 9.14. The van der Waals surface area contributed by atoms with Crippen LogP contribution in [0.15, 0.2) is 12.1 Å². The molecule has 1 aromatic carbocycles. The minimum Gasteiger partial charge on any atom is -0.494 e. The Hall–Kier alpha value is -1.55. The SMILES string of the molecule is CCCOc1cc(C)c(C(=O)OC[C@@H](C)CN2CCCC2)c(C)c1. The van der Waals surface area contributed by atoms with Gasteiger partial charge in [0.1, 0.15) is 5.75 Å². The third-order valence-corrected chi connectivity index (χ3v) is 4.45. The Labute approximate surface area is 146 Å². The molecule has 4 heteroatoms. The van der Waals surface area contributed by atoms with E-state index in [0.29, 0.717) is 24.7 Å². The van der Waals surface area contributed by atoms with Crippen molar-refractivity contribution < 1.29 is 14.3 Å². The Morgan fingerprint density at radius 2 is 1.83 bits per heavy atom. The third kappa shape index (κ3) is 5.23. The summed E-state index contributed by atoms with van der Waals surface area (Å²) in [5, 5.41) is 0. The lowest BCUT2D eigenvalue weighted by Crippen LogP contribution is -2.28. The number of likely N-dealkylation sites (tertiary alicyclic amines) is 1. The van der Waals surface area contributed by atoms with E-state index in [-0.39, 0.29) is 5.97 Å². The standard InChI is InChI=1S/C20H31NO3/c1-5-10-23-18-11-16(3)19(17(4)12-18)20(22)24-14-15(2)13-21-8-6-7-9-21/h11-12,15H,5-10,13-14H2,1-4H3/t15-/m0/s1. The van der Waals surface area contributed by atoms with Gasteiger partial charge in [-0.2, -0.15) is 0 Å². The van der Waals surface area contributed by atoms with Crippen molar-refractivity contribution in [2.45, 2.75) is 47.0 Å². The van der Waals surface area contributed by atoms with Gasteiger partial charge in [-0.05, 0) is 69.5 Å². The predicted octanol–water partition coefficient (Wildman–Crippen LogP) is 3.98. The average molecular weight is 333 g/mol. The summed E-state index contributed by atoms with van der Waals surface area (Å²) < 4.78 is 11.2. The molecule has 1 fully saturated rings. The highest BCUT2D eigenvalue weighted by molar-refractivity contribution is 5.93. The van der Waals surface area contributed by atoms with Gasteiger partial charge in [-0.3, -0.25) is 0 Å². The van der Waals surface area contributed by atoms with Gasteiger partial charge in [-0.1, -0.05) is 13.8 Å². The maximum absolute atomic E-state index is 12.5. The molecule has 2 rings (SSSR count). The highest BCUT2D eigenvalue weighted by atomic mass is 16.5. The number of ether oxygens (including phenoxy) is 2. The fraction of sp³-hybridized carbons (Fsp3) is 0.650. The Kier molecular flexibility index (Phi) is 7.10. The van der Waals surface area contributed by atoms with Crippen molar-refractivity contribution in [1.82, 2.24) is 4.90 Å². The molecule has 0 spiro atoms. The molecule has 1 atom stereocenters. The monoisotopic (exact) mass is 333 g/mol. The molecule has 0 unspecified atom stereocenters. The molecule has 0 aromatic heterocycles. The van der Waals surface area contributed by atoms with E-state index in [1.807, 2.05) is 26.0 Å². The van der Waals surface area contributed by atoms with Crippen LogP contribution in [0.25, 0.3) is 0 Å². The number of carbonyl (C=O) groups excluding carboxylic acids is 1. The summed E-state index contributed by atoms with van der Waals surface area (Å²) in [6, 6.07) is 3.85. The fourth-order valence-electron chi connectivity index (χ4n) is 3.30. The van der Waals surface area contributed by atoms with Gasteiger partial charge in [0.2, 0.25) is 0 Å². The molecule has 1 aromatic rings. The van der Waals surface area contributed by atoms with E-state index in [2.05, 4.69) is 18.7 Å². The zero-order chi connectivity index (χ0) is 17.5. The molecule has 1 heterocycles. The highest BCUT2D eigenvalue weighted by Gasteiger charge is 2.19. The van der Waals surface area contributed by atoms with Crippen LogP contribution in [0.1, 0.15) is 54.6 Å². The minimum atomic E-state index is -0.222. The molecule has 1 aliphatic rings. The van der Waals surface area contributed by atoms with E-state index >= 15 is 0 Å². The number of carbonyl (C=O) groups is 1. The average Bonchev–Trinajstić information content (AvgIpc) is 3.03. The number of hydrogen-bond donors (Lipinski definition) is 0. The van der Waals surface area contributed by atoms with Crippen molar-refractivity contribution in [2.24, 2.45) is 5.92 Å². The molecular weight excluding hydrogens is 302 g/mol. The van der Waals surface area contributed by atoms with Crippen molar-refractivity contribution in [1.29, 1.82) is 0 Å². The van der Waals surface area contributed by atoms with Gasteiger partial charge in [0.05, 0.1) is 18.8 Å². The molecule has 0 saturated carbocycles. The van der Waals surface area contributed by atoms with Crippen LogP contribution in [0.5, 0.6) is 5.75 Å². The maximum Gasteiger partial charge on any atom is 0.338 e. The highest BCUT2D eigenvalue weighted by Crippen LogP contribution is 2.23. The smallest absolute Gasteiger partial charge is 0.338 e. The summed E-state index contributed by atoms with van der Waals surface area (Å²) in [6.07, 6.45) is 3.55. The number of esters is 1. The second-order valence-corrected chi connectivity index (χ2v) is 6.99. The summed E-state index contributed by atoms with van der Waals surface area (Å²) in [7, 11) is 0. The van der Waals surface area contributed by atoms with Gasteiger partial charge in [0.15, 0.2) is 0 Å². The van der Waals surface area contributed by atoms with Crippen molar-refractivity contribution in [3.05, 3.63) is 28.8 Å². The van der Waals surface area contributed by atoms with E-state index < -0.39 is 0 Å². The Bertz CT molecular complexity index is 527. The van der Waals surface area contributed by atoms with Gasteiger partial charge in [-0.25, -0.2) is 4.79 Å². The van der Waals surface area contributed by atoms with Crippen molar-refractivity contribution >= 4 is 5.97 Å². The molecule has 134 valence electrons. The second-order valence-electron chi connectivity index (χ2n) is 6.99. The first-order chi connectivity index (χ1) is 11.5. The quantitative estimate of drug-likeness (QED) is 0.675. The van der Waals surface area contributed by atoms with Crippen molar-refractivity contribution in [3.8, 4) is 5.75 Å². The van der Waals surface area contributed by atoms with E-state index in [0.717, 1.165) is 29.8 Å². The van der Waals surface area contributed by atoms with Gasteiger partial charge in [-0.15, -0.1) is 0 Å². The molecule has 0 bridgehead atoms. The van der Waals surface area contributed by atoms with Gasteiger partial charge in [0, 0.05) is 12.5 Å². The summed E-state index contributed by atoms with van der Waals surface area (Å²) in [5.41, 5.74) is 2.50. The fourth-order valence-corrected chi connectivity index (χ4v) is 3.30. The van der Waals surface area contributed by atoms with Gasteiger partial charge in [0.25, 0.3) is 0 Å². The number of hydrogen-bond acceptors (Lipinski definition) is 4. The van der Waals surface area contributed by atoms with Crippen LogP contribution in [0, 0.1) is 19.8 Å². The van der Waals surface area contributed by atoms with Crippen LogP contribution in [0.3, 0.4) is 0 Å². The van der Waals surface area contributed by atoms with E-state index in [1.54, 1.807) is 0 Å². The Morgan fingerprint density at radius 1 is 1.21 bits per heavy atom. The zero-order valence-corrected chi connectivity index (χ0v) is 15.6. The van der Waals surface area contributed by atoms with E-state index in [4.69, 9.17) is 9.47 Å². The lowest BCUT2D eigenvalue weighted by Gasteiger charge is -2.20. The molecule has 0 N–H and O–H groups in total. The van der Waals surface area contributed by atoms with Gasteiger partial charge < -0.3 is 14.4 Å². The summed E-state index contributed by atoms with van der Waals surface area (Å²) in [6.45, 7) is 12.6. The topological polar surface area (TPSA) is 38.8 Å². The van der Waals surface area contributed by atoms with Crippen molar-refractivity contribution in [2.75, 3.05) is 32.8 Å². The van der Waals surface area contributed by atoms with Crippen LogP contribution >= 0.6 is 0 Å². The number of nitrogens with zero attached hydrogens (tertiary/aromatic N) is 1. The lowest BCUT2D eigenvalue weighted by molar-refractivity contribution is 0.0425. The second kappa shape index (κ2) is 9.07. The summed E-state index contributed by atoms with van der Waals surface area (Å²) in [4.78, 5) is 14.9. The first kappa shape index (κ1) is 18.8. The van der Waals surface area contributed by atoms with Crippen LogP contribution in [0.4, 0.5) is 0 Å². The lowest BCUT2D eigenvalue weighted by atomic mass is 10.0. The molecule has 0 amide bonds. The molecular formula is C20H31NO3. The maximum atomic E-state index is 12.5. The number of aryl methyl sites for hydroxylation is 2. The minimum absolute atomic E-state index is 0.222. The summed E-state index contributed by atoms with van der Waals surface area (Å²) >= 11 is 0. The first-order valence-electron chi connectivity index (χ1n) is 9.14. The molecule has 24 heavy (non-hydrogen) atoms.